The van der Waals surface area contributed by atoms with Crippen molar-refractivity contribution < 1.29 is 14.3 Å². The second-order valence-electron chi connectivity index (χ2n) is 10.0. The SMILES string of the molecule is C[C@]12CCC3c4ccc(F)cc4CCC3C1C[C@H](Cc1cccc(C(N)=O)c1)[C@@H]2O. The fourth-order valence-corrected chi connectivity index (χ4v) is 7.05. The second-order valence-corrected chi connectivity index (χ2v) is 10.0. The highest BCUT2D eigenvalue weighted by molar-refractivity contribution is 5.92. The normalized spacial score (nSPS) is 34.7. The molecular formula is C26H30FNO2. The van der Waals surface area contributed by atoms with Crippen LogP contribution in [0.4, 0.5) is 4.39 Å². The van der Waals surface area contributed by atoms with Crippen LogP contribution in [0.3, 0.4) is 0 Å². The van der Waals surface area contributed by atoms with Gasteiger partial charge < -0.3 is 10.8 Å². The maximum atomic E-state index is 13.7. The second kappa shape index (κ2) is 7.19. The molecule has 4 heteroatoms. The molecule has 0 bridgehead atoms. The lowest BCUT2D eigenvalue weighted by Crippen LogP contribution is -2.44. The lowest BCUT2D eigenvalue weighted by Gasteiger charge is -2.50. The Morgan fingerprint density at radius 2 is 2.07 bits per heavy atom. The van der Waals surface area contributed by atoms with Crippen LogP contribution in [0.1, 0.15) is 65.6 Å². The van der Waals surface area contributed by atoms with Gasteiger partial charge in [0.15, 0.2) is 0 Å². The summed E-state index contributed by atoms with van der Waals surface area (Å²) in [5, 5.41) is 11.4. The highest BCUT2D eigenvalue weighted by Crippen LogP contribution is 2.62. The number of amides is 1. The molecule has 3 unspecified atom stereocenters. The Balaban J connectivity index is 1.40. The number of carbonyl (C=O) groups is 1. The first-order valence-electron chi connectivity index (χ1n) is 11.2. The molecule has 1 amide bonds. The van der Waals surface area contributed by atoms with E-state index in [1.807, 2.05) is 24.3 Å². The molecule has 2 saturated carbocycles. The number of aliphatic hydroxyl groups excluding tert-OH is 1. The number of benzene rings is 2. The minimum absolute atomic E-state index is 0.0648. The average molecular weight is 408 g/mol. The summed E-state index contributed by atoms with van der Waals surface area (Å²) in [4.78, 5) is 11.5. The van der Waals surface area contributed by atoms with Crippen LogP contribution in [-0.2, 0) is 12.8 Å². The molecule has 0 saturated heterocycles. The molecule has 0 spiro atoms. The largest absolute Gasteiger partial charge is 0.392 e. The summed E-state index contributed by atoms with van der Waals surface area (Å²) in [5.41, 5.74) is 9.49. The van der Waals surface area contributed by atoms with Gasteiger partial charge in [-0.1, -0.05) is 25.1 Å². The smallest absolute Gasteiger partial charge is 0.248 e. The van der Waals surface area contributed by atoms with Crippen LogP contribution in [-0.4, -0.2) is 17.1 Å². The van der Waals surface area contributed by atoms with Crippen molar-refractivity contribution in [2.45, 2.75) is 57.5 Å². The van der Waals surface area contributed by atoms with E-state index in [1.54, 1.807) is 18.2 Å². The quantitative estimate of drug-likeness (QED) is 0.780. The van der Waals surface area contributed by atoms with E-state index in [0.717, 1.165) is 44.1 Å². The molecule has 3 N–H and O–H groups in total. The molecule has 3 aliphatic rings. The van der Waals surface area contributed by atoms with Gasteiger partial charge >= 0.3 is 0 Å². The van der Waals surface area contributed by atoms with E-state index in [0.29, 0.717) is 23.3 Å². The van der Waals surface area contributed by atoms with Gasteiger partial charge in [-0.3, -0.25) is 4.79 Å². The number of aryl methyl sites for hydroxylation is 1. The van der Waals surface area contributed by atoms with Crippen molar-refractivity contribution in [1.29, 1.82) is 0 Å². The van der Waals surface area contributed by atoms with Crippen molar-refractivity contribution >= 4 is 5.91 Å². The van der Waals surface area contributed by atoms with Crippen molar-refractivity contribution in [2.24, 2.45) is 28.9 Å². The van der Waals surface area contributed by atoms with Gasteiger partial charge in [0.25, 0.3) is 0 Å². The van der Waals surface area contributed by atoms with Gasteiger partial charge in [0.05, 0.1) is 6.10 Å². The summed E-state index contributed by atoms with van der Waals surface area (Å²) in [7, 11) is 0. The molecule has 2 fully saturated rings. The fourth-order valence-electron chi connectivity index (χ4n) is 7.05. The summed E-state index contributed by atoms with van der Waals surface area (Å²) in [6.45, 7) is 2.28. The Morgan fingerprint density at radius 3 is 2.87 bits per heavy atom. The Hall–Kier alpha value is -2.20. The number of rotatable bonds is 3. The summed E-state index contributed by atoms with van der Waals surface area (Å²) in [6, 6.07) is 12.8. The number of carbonyl (C=O) groups excluding carboxylic acids is 1. The average Bonchev–Trinajstić information content (AvgIpc) is 2.98. The molecule has 5 rings (SSSR count). The van der Waals surface area contributed by atoms with Crippen LogP contribution in [0.2, 0.25) is 0 Å². The van der Waals surface area contributed by atoms with Crippen LogP contribution >= 0.6 is 0 Å². The third-order valence-electron chi connectivity index (χ3n) is 8.51. The maximum Gasteiger partial charge on any atom is 0.248 e. The number of nitrogens with two attached hydrogens (primary N) is 1. The molecule has 0 aromatic heterocycles. The number of halogens is 1. The molecule has 2 aromatic rings. The lowest BCUT2D eigenvalue weighted by atomic mass is 9.55. The minimum atomic E-state index is -0.412. The minimum Gasteiger partial charge on any atom is -0.392 e. The third kappa shape index (κ3) is 3.08. The number of aliphatic hydroxyl groups is 1. The molecule has 0 heterocycles. The summed E-state index contributed by atoms with van der Waals surface area (Å²) in [5.74, 6) is 1.16. The molecule has 30 heavy (non-hydrogen) atoms. The molecule has 0 radical (unpaired) electrons. The Morgan fingerprint density at radius 1 is 1.23 bits per heavy atom. The van der Waals surface area contributed by atoms with Crippen LogP contribution in [0.5, 0.6) is 0 Å². The monoisotopic (exact) mass is 407 g/mol. The van der Waals surface area contributed by atoms with Crippen molar-refractivity contribution in [1.82, 2.24) is 0 Å². The number of primary amides is 1. The maximum absolute atomic E-state index is 13.7. The highest BCUT2D eigenvalue weighted by Gasteiger charge is 2.57. The summed E-state index contributed by atoms with van der Waals surface area (Å²) in [6.07, 6.45) is 5.53. The van der Waals surface area contributed by atoms with E-state index in [9.17, 15) is 14.3 Å². The van der Waals surface area contributed by atoms with Crippen LogP contribution in [0.15, 0.2) is 42.5 Å². The first-order chi connectivity index (χ1) is 14.4. The molecular weight excluding hydrogens is 377 g/mol. The summed E-state index contributed by atoms with van der Waals surface area (Å²) < 4.78 is 13.7. The lowest BCUT2D eigenvalue weighted by molar-refractivity contribution is -0.0325. The van der Waals surface area contributed by atoms with Crippen LogP contribution in [0.25, 0.3) is 0 Å². The van der Waals surface area contributed by atoms with Gasteiger partial charge in [0.1, 0.15) is 5.82 Å². The van der Waals surface area contributed by atoms with E-state index in [-0.39, 0.29) is 23.3 Å². The number of hydrogen-bond donors (Lipinski definition) is 2. The first kappa shape index (κ1) is 19.7. The van der Waals surface area contributed by atoms with Gasteiger partial charge in [-0.2, -0.15) is 0 Å². The zero-order valence-corrected chi connectivity index (χ0v) is 17.5. The Labute approximate surface area is 177 Å². The van der Waals surface area contributed by atoms with Crippen molar-refractivity contribution in [3.05, 3.63) is 70.5 Å². The number of fused-ring (bicyclic) bond motifs is 5. The fraction of sp³-hybridized carbons (Fsp3) is 0.500. The molecule has 158 valence electrons. The first-order valence-corrected chi connectivity index (χ1v) is 11.2. The standard InChI is InChI=1S/C26H30FNO2/c1-26-10-9-21-20-8-6-19(27)13-16(20)5-7-22(21)23(26)14-18(24(26)29)12-15-3-2-4-17(11-15)25(28)30/h2-4,6,8,11,13,18,21-24,29H,5,7,9-10,12,14H2,1H3,(H2,28,30)/t18-,21?,22?,23?,24-,26-/m0/s1. The van der Waals surface area contributed by atoms with Gasteiger partial charge in [-0.05, 0) is 109 Å². The van der Waals surface area contributed by atoms with Crippen LogP contribution in [0, 0.1) is 29.0 Å². The van der Waals surface area contributed by atoms with Crippen molar-refractivity contribution in [3.8, 4) is 0 Å². The van der Waals surface area contributed by atoms with Gasteiger partial charge in [-0.25, -0.2) is 4.39 Å². The predicted octanol–water partition coefficient (Wildman–Crippen LogP) is 4.61. The molecule has 2 aromatic carbocycles. The van der Waals surface area contributed by atoms with E-state index in [4.69, 9.17) is 5.73 Å². The zero-order valence-electron chi connectivity index (χ0n) is 17.5. The molecule has 3 aliphatic carbocycles. The van der Waals surface area contributed by atoms with Crippen molar-refractivity contribution in [3.63, 3.8) is 0 Å². The zero-order chi connectivity index (χ0) is 21.0. The Bertz CT molecular complexity index is 989. The molecule has 3 nitrogen and oxygen atoms in total. The van der Waals surface area contributed by atoms with E-state index in [2.05, 4.69) is 6.92 Å². The molecule has 6 atom stereocenters. The third-order valence-corrected chi connectivity index (χ3v) is 8.51. The van der Waals surface area contributed by atoms with Crippen LogP contribution < -0.4 is 5.73 Å². The predicted molar refractivity (Wildman–Crippen MR) is 115 cm³/mol. The Kier molecular flexibility index (Phi) is 4.73. The van der Waals surface area contributed by atoms with Crippen molar-refractivity contribution in [2.75, 3.05) is 0 Å². The topological polar surface area (TPSA) is 63.3 Å². The molecule has 0 aliphatic heterocycles. The van der Waals surface area contributed by atoms with Gasteiger partial charge in [0, 0.05) is 5.56 Å². The van der Waals surface area contributed by atoms with E-state index in [1.165, 1.54) is 11.1 Å². The van der Waals surface area contributed by atoms with E-state index >= 15 is 0 Å². The van der Waals surface area contributed by atoms with Gasteiger partial charge in [-0.15, -0.1) is 0 Å². The highest BCUT2D eigenvalue weighted by atomic mass is 19.1. The summed E-state index contributed by atoms with van der Waals surface area (Å²) >= 11 is 0. The van der Waals surface area contributed by atoms with Gasteiger partial charge in [0.2, 0.25) is 5.91 Å². The number of hydrogen-bond acceptors (Lipinski definition) is 2. The van der Waals surface area contributed by atoms with E-state index < -0.39 is 5.91 Å².